The van der Waals surface area contributed by atoms with Crippen LogP contribution in [-0.4, -0.2) is 11.5 Å². The number of hydrogen-bond donors (Lipinski definition) is 1. The fourth-order valence-electron chi connectivity index (χ4n) is 1.64. The molecule has 0 amide bonds. The van der Waals surface area contributed by atoms with E-state index in [1.54, 1.807) is 11.3 Å². The maximum absolute atomic E-state index is 5.85. The van der Waals surface area contributed by atoms with Crippen LogP contribution >= 0.6 is 27.3 Å². The number of nitrogens with zero attached hydrogens (tertiary/aromatic N) is 1. The van der Waals surface area contributed by atoms with Crippen LogP contribution in [0, 0.1) is 6.92 Å². The summed E-state index contributed by atoms with van der Waals surface area (Å²) in [7, 11) is 0. The highest BCUT2D eigenvalue weighted by Gasteiger charge is 2.15. The average molecular weight is 297 g/mol. The number of thiazole rings is 1. The second-order valence-electron chi connectivity index (χ2n) is 3.67. The van der Waals surface area contributed by atoms with Gasteiger partial charge in [-0.2, -0.15) is 0 Å². The van der Waals surface area contributed by atoms with Gasteiger partial charge in [0, 0.05) is 28.0 Å². The number of aromatic nitrogens is 1. The zero-order chi connectivity index (χ0) is 11.5. The van der Waals surface area contributed by atoms with Crippen LogP contribution in [-0.2, 0) is 0 Å². The van der Waals surface area contributed by atoms with Crippen molar-refractivity contribution in [3.05, 3.63) is 50.4 Å². The Labute approximate surface area is 108 Å². The Bertz CT molecular complexity index is 481. The number of nitrogens with two attached hydrogens (primary N) is 1. The normalized spacial score (nSPS) is 12.7. The second kappa shape index (κ2) is 5.08. The quantitative estimate of drug-likeness (QED) is 0.944. The van der Waals surface area contributed by atoms with Gasteiger partial charge in [0.05, 0.1) is 0 Å². The zero-order valence-electron chi connectivity index (χ0n) is 8.98. The number of hydrogen-bond acceptors (Lipinski definition) is 3. The fraction of sp³-hybridized carbons (Fsp3) is 0.250. The lowest BCUT2D eigenvalue weighted by molar-refractivity contribution is 0.805. The van der Waals surface area contributed by atoms with E-state index in [4.69, 9.17) is 5.73 Å². The maximum atomic E-state index is 5.85. The van der Waals surface area contributed by atoms with Gasteiger partial charge in [0.25, 0.3) is 0 Å². The van der Waals surface area contributed by atoms with E-state index in [0.717, 1.165) is 15.2 Å². The minimum Gasteiger partial charge on any atom is -0.329 e. The minimum atomic E-state index is 0.205. The molecular formula is C12H13BrN2S. The smallest absolute Gasteiger partial charge is 0.102 e. The summed E-state index contributed by atoms with van der Waals surface area (Å²) in [5.74, 6) is 0.205. The molecule has 0 saturated carbocycles. The summed E-state index contributed by atoms with van der Waals surface area (Å²) in [6.45, 7) is 2.60. The first-order valence-electron chi connectivity index (χ1n) is 5.08. The van der Waals surface area contributed by atoms with E-state index < -0.39 is 0 Å². The van der Waals surface area contributed by atoms with Gasteiger partial charge in [0.15, 0.2) is 0 Å². The summed E-state index contributed by atoms with van der Waals surface area (Å²) >= 11 is 5.16. The lowest BCUT2D eigenvalue weighted by Crippen LogP contribution is -2.13. The van der Waals surface area contributed by atoms with Gasteiger partial charge in [-0.15, -0.1) is 11.3 Å². The van der Waals surface area contributed by atoms with E-state index >= 15 is 0 Å². The molecule has 2 nitrogen and oxygen atoms in total. The molecule has 0 fully saturated rings. The molecule has 0 aliphatic heterocycles. The van der Waals surface area contributed by atoms with Crippen molar-refractivity contribution in [1.82, 2.24) is 4.98 Å². The third kappa shape index (κ3) is 2.51. The molecule has 1 heterocycles. The second-order valence-corrected chi connectivity index (χ2v) is 5.48. The fourth-order valence-corrected chi connectivity index (χ4v) is 2.99. The molecule has 0 radical (unpaired) electrons. The van der Waals surface area contributed by atoms with Gasteiger partial charge in [0.2, 0.25) is 0 Å². The summed E-state index contributed by atoms with van der Waals surface area (Å²) < 4.78 is 1.08. The van der Waals surface area contributed by atoms with Crippen LogP contribution in [0.5, 0.6) is 0 Å². The van der Waals surface area contributed by atoms with Crippen LogP contribution in [0.2, 0.25) is 0 Å². The van der Waals surface area contributed by atoms with Crippen molar-refractivity contribution in [2.24, 2.45) is 5.73 Å². The number of rotatable bonds is 3. The van der Waals surface area contributed by atoms with Crippen LogP contribution in [0.4, 0.5) is 0 Å². The summed E-state index contributed by atoms with van der Waals surface area (Å²) in [5, 5.41) is 3.16. The van der Waals surface area contributed by atoms with Crippen LogP contribution < -0.4 is 5.73 Å². The van der Waals surface area contributed by atoms with Crippen molar-refractivity contribution in [3.8, 4) is 0 Å². The number of aryl methyl sites for hydroxylation is 1. The Balaban J connectivity index is 2.36. The minimum absolute atomic E-state index is 0.205. The molecule has 0 aliphatic carbocycles. The highest BCUT2D eigenvalue weighted by molar-refractivity contribution is 9.10. The van der Waals surface area contributed by atoms with Crippen molar-refractivity contribution < 1.29 is 0 Å². The summed E-state index contributed by atoms with van der Waals surface area (Å²) in [4.78, 5) is 4.51. The molecule has 1 aromatic carbocycles. The third-order valence-corrected chi connectivity index (χ3v) is 3.99. The molecule has 84 valence electrons. The molecular weight excluding hydrogens is 284 g/mol. The van der Waals surface area contributed by atoms with Gasteiger partial charge in [0.1, 0.15) is 5.01 Å². The molecule has 4 heteroatoms. The molecule has 0 spiro atoms. The molecule has 0 bridgehead atoms. The first kappa shape index (κ1) is 11.8. The molecule has 1 unspecified atom stereocenters. The van der Waals surface area contributed by atoms with Crippen molar-refractivity contribution in [3.63, 3.8) is 0 Å². The van der Waals surface area contributed by atoms with E-state index in [9.17, 15) is 0 Å². The maximum Gasteiger partial charge on any atom is 0.102 e. The Morgan fingerprint density at radius 2 is 2.31 bits per heavy atom. The Kier molecular flexibility index (Phi) is 3.74. The summed E-state index contributed by atoms with van der Waals surface area (Å²) in [6.07, 6.45) is 0. The van der Waals surface area contributed by atoms with Crippen molar-refractivity contribution >= 4 is 27.3 Å². The molecule has 2 N–H and O–H groups in total. The SMILES string of the molecule is Cc1csc(C(CN)c2cccc(Br)c2)n1. The predicted molar refractivity (Wildman–Crippen MR) is 71.9 cm³/mol. The van der Waals surface area contributed by atoms with Crippen LogP contribution in [0.3, 0.4) is 0 Å². The van der Waals surface area contributed by atoms with Crippen molar-refractivity contribution in [2.45, 2.75) is 12.8 Å². The van der Waals surface area contributed by atoms with Crippen molar-refractivity contribution in [1.29, 1.82) is 0 Å². The van der Waals surface area contributed by atoms with E-state index in [1.165, 1.54) is 5.56 Å². The van der Waals surface area contributed by atoms with E-state index in [0.29, 0.717) is 6.54 Å². The topological polar surface area (TPSA) is 38.9 Å². The number of halogens is 1. The molecule has 1 aromatic heterocycles. The van der Waals surface area contributed by atoms with Gasteiger partial charge in [-0.05, 0) is 24.6 Å². The number of benzene rings is 1. The van der Waals surface area contributed by atoms with Gasteiger partial charge >= 0.3 is 0 Å². The van der Waals surface area contributed by atoms with Gasteiger partial charge in [-0.25, -0.2) is 4.98 Å². The lowest BCUT2D eigenvalue weighted by atomic mass is 10.0. The first-order chi connectivity index (χ1) is 7.70. The van der Waals surface area contributed by atoms with E-state index in [-0.39, 0.29) is 5.92 Å². The van der Waals surface area contributed by atoms with Crippen LogP contribution in [0.25, 0.3) is 0 Å². The van der Waals surface area contributed by atoms with Crippen LogP contribution in [0.1, 0.15) is 22.2 Å². The molecule has 1 atom stereocenters. The molecule has 2 aromatic rings. The van der Waals surface area contributed by atoms with Crippen LogP contribution in [0.15, 0.2) is 34.1 Å². The van der Waals surface area contributed by atoms with Gasteiger partial charge < -0.3 is 5.73 Å². The van der Waals surface area contributed by atoms with E-state index in [1.807, 2.05) is 19.1 Å². The highest BCUT2D eigenvalue weighted by Crippen LogP contribution is 2.28. The standard InChI is InChI=1S/C12H13BrN2S/c1-8-7-16-12(15-8)11(6-14)9-3-2-4-10(13)5-9/h2-5,7,11H,6,14H2,1H3. The summed E-state index contributed by atoms with van der Waals surface area (Å²) in [5.41, 5.74) is 8.12. The molecule has 0 aliphatic rings. The highest BCUT2D eigenvalue weighted by atomic mass is 79.9. The Hall–Kier alpha value is -0.710. The molecule has 0 saturated heterocycles. The third-order valence-electron chi connectivity index (χ3n) is 2.42. The average Bonchev–Trinajstić information content (AvgIpc) is 2.66. The largest absolute Gasteiger partial charge is 0.329 e. The first-order valence-corrected chi connectivity index (χ1v) is 6.75. The Morgan fingerprint density at radius 1 is 1.50 bits per heavy atom. The lowest BCUT2D eigenvalue weighted by Gasteiger charge is -2.12. The van der Waals surface area contributed by atoms with Crippen molar-refractivity contribution in [2.75, 3.05) is 6.54 Å². The molecule has 2 rings (SSSR count). The summed E-state index contributed by atoms with van der Waals surface area (Å²) in [6, 6.07) is 8.25. The van der Waals surface area contributed by atoms with Gasteiger partial charge in [-0.3, -0.25) is 0 Å². The Morgan fingerprint density at radius 3 is 2.88 bits per heavy atom. The molecule has 16 heavy (non-hydrogen) atoms. The monoisotopic (exact) mass is 296 g/mol. The van der Waals surface area contributed by atoms with E-state index in [2.05, 4.69) is 38.4 Å². The van der Waals surface area contributed by atoms with Gasteiger partial charge in [-0.1, -0.05) is 28.1 Å². The predicted octanol–water partition coefficient (Wildman–Crippen LogP) is 3.30. The zero-order valence-corrected chi connectivity index (χ0v) is 11.4.